The van der Waals surface area contributed by atoms with Gasteiger partial charge in [0.15, 0.2) is 0 Å². The van der Waals surface area contributed by atoms with Gasteiger partial charge < -0.3 is 20.6 Å². The van der Waals surface area contributed by atoms with E-state index in [0.29, 0.717) is 0 Å². The Bertz CT molecular complexity index is 574. The number of carbonyl (C=O) groups is 1. The first-order chi connectivity index (χ1) is 12.1. The minimum atomic E-state index is -0.200. The van der Waals surface area contributed by atoms with Crippen molar-refractivity contribution in [3.63, 3.8) is 0 Å². The third-order valence-corrected chi connectivity index (χ3v) is 5.18. The molecule has 2 aliphatic rings. The van der Waals surface area contributed by atoms with E-state index in [9.17, 15) is 9.90 Å². The highest BCUT2D eigenvalue weighted by atomic mass is 16.3. The zero-order valence-electron chi connectivity index (χ0n) is 14.9. The maximum absolute atomic E-state index is 12.3. The maximum atomic E-state index is 12.3. The van der Waals surface area contributed by atoms with Crippen LogP contribution in [0.25, 0.3) is 0 Å². The summed E-state index contributed by atoms with van der Waals surface area (Å²) in [5, 5.41) is 15.7. The molecule has 1 aliphatic heterocycles. The Labute approximate surface area is 149 Å². The Morgan fingerprint density at radius 3 is 2.72 bits per heavy atom. The predicted molar refractivity (Wildman–Crippen MR) is 96.6 cm³/mol. The first-order valence-electron chi connectivity index (χ1n) is 9.45. The van der Waals surface area contributed by atoms with Gasteiger partial charge in [0.05, 0.1) is 6.10 Å². The summed E-state index contributed by atoms with van der Waals surface area (Å²) in [5.41, 5.74) is 1.04. The second-order valence-corrected chi connectivity index (χ2v) is 7.13. The molecule has 0 spiro atoms. The molecule has 1 saturated heterocycles. The van der Waals surface area contributed by atoms with Crippen molar-refractivity contribution in [2.75, 3.05) is 18.0 Å². The third-order valence-electron chi connectivity index (χ3n) is 5.18. The summed E-state index contributed by atoms with van der Waals surface area (Å²) >= 11 is 0. The summed E-state index contributed by atoms with van der Waals surface area (Å²) in [5.74, 6) is 0.944. The van der Waals surface area contributed by atoms with Gasteiger partial charge in [-0.3, -0.25) is 0 Å². The van der Waals surface area contributed by atoms with Crippen LogP contribution >= 0.6 is 0 Å². The highest BCUT2D eigenvalue weighted by Gasteiger charge is 2.25. The van der Waals surface area contributed by atoms with Crippen molar-refractivity contribution in [2.24, 2.45) is 0 Å². The molecule has 1 aromatic heterocycles. The minimum Gasteiger partial charge on any atom is -0.393 e. The average Bonchev–Trinajstić information content (AvgIpc) is 2.64. The number of aromatic nitrogens is 2. The number of rotatable bonds is 4. The summed E-state index contributed by atoms with van der Waals surface area (Å²) in [7, 11) is 0. The van der Waals surface area contributed by atoms with Gasteiger partial charge in [0.2, 0.25) is 0 Å². The Hall–Kier alpha value is -1.89. The SMILES string of the molecule is CCc1cc(N2CCCC(NC(=O)NC3CCC(O)CC3)C2)ncn1. The van der Waals surface area contributed by atoms with Crippen LogP contribution in [0.1, 0.15) is 51.1 Å². The Morgan fingerprint density at radius 1 is 1.20 bits per heavy atom. The molecule has 1 aromatic rings. The van der Waals surface area contributed by atoms with Crippen molar-refractivity contribution in [2.45, 2.75) is 70.1 Å². The number of urea groups is 1. The Morgan fingerprint density at radius 2 is 1.96 bits per heavy atom. The molecule has 2 amide bonds. The molecule has 1 saturated carbocycles. The monoisotopic (exact) mass is 347 g/mol. The van der Waals surface area contributed by atoms with E-state index in [0.717, 1.165) is 69.5 Å². The van der Waals surface area contributed by atoms with Gasteiger partial charge in [-0.05, 0) is 44.9 Å². The molecule has 3 N–H and O–H groups in total. The van der Waals surface area contributed by atoms with Gasteiger partial charge in [0, 0.05) is 36.9 Å². The fourth-order valence-electron chi connectivity index (χ4n) is 3.69. The Kier molecular flexibility index (Phi) is 6.07. The molecule has 3 rings (SSSR count). The second-order valence-electron chi connectivity index (χ2n) is 7.13. The molecule has 7 nitrogen and oxygen atoms in total. The van der Waals surface area contributed by atoms with Crippen molar-refractivity contribution in [3.05, 3.63) is 18.1 Å². The van der Waals surface area contributed by atoms with Crippen LogP contribution in [0.15, 0.2) is 12.4 Å². The zero-order chi connectivity index (χ0) is 17.6. The fourth-order valence-corrected chi connectivity index (χ4v) is 3.69. The van der Waals surface area contributed by atoms with Crippen molar-refractivity contribution >= 4 is 11.8 Å². The minimum absolute atomic E-state index is 0.0924. The molecule has 2 heterocycles. The Balaban J connectivity index is 1.50. The van der Waals surface area contributed by atoms with Gasteiger partial charge in [-0.15, -0.1) is 0 Å². The summed E-state index contributed by atoms with van der Waals surface area (Å²) in [6.07, 6.45) is 7.59. The van der Waals surface area contributed by atoms with Crippen molar-refractivity contribution in [1.82, 2.24) is 20.6 Å². The summed E-state index contributed by atoms with van der Waals surface area (Å²) in [6, 6.07) is 2.25. The van der Waals surface area contributed by atoms with Gasteiger partial charge in [0.25, 0.3) is 0 Å². The molecule has 25 heavy (non-hydrogen) atoms. The van der Waals surface area contributed by atoms with E-state index < -0.39 is 0 Å². The van der Waals surface area contributed by atoms with E-state index in [2.05, 4.69) is 32.4 Å². The molecule has 1 atom stereocenters. The lowest BCUT2D eigenvalue weighted by Gasteiger charge is -2.34. The number of hydrogen-bond acceptors (Lipinski definition) is 5. The molecule has 0 aromatic carbocycles. The lowest BCUT2D eigenvalue weighted by Crippen LogP contribution is -2.53. The van der Waals surface area contributed by atoms with E-state index in [1.807, 2.05) is 6.07 Å². The number of amides is 2. The van der Waals surface area contributed by atoms with Gasteiger partial charge in [-0.25, -0.2) is 14.8 Å². The van der Waals surface area contributed by atoms with Crippen LogP contribution in [0.4, 0.5) is 10.6 Å². The number of aliphatic hydroxyl groups is 1. The normalized spacial score (nSPS) is 27.0. The molecule has 0 bridgehead atoms. The van der Waals surface area contributed by atoms with Crippen LogP contribution < -0.4 is 15.5 Å². The van der Waals surface area contributed by atoms with E-state index in [1.54, 1.807) is 6.33 Å². The van der Waals surface area contributed by atoms with Crippen LogP contribution in [0.2, 0.25) is 0 Å². The number of nitrogens with zero attached hydrogens (tertiary/aromatic N) is 3. The maximum Gasteiger partial charge on any atom is 0.315 e. The molecule has 1 unspecified atom stereocenters. The number of piperidine rings is 1. The van der Waals surface area contributed by atoms with Crippen LogP contribution in [-0.4, -0.2) is 52.4 Å². The number of carbonyl (C=O) groups excluding carboxylic acids is 1. The first kappa shape index (κ1) is 17.9. The smallest absolute Gasteiger partial charge is 0.315 e. The topological polar surface area (TPSA) is 90.4 Å². The van der Waals surface area contributed by atoms with Gasteiger partial charge in [-0.1, -0.05) is 6.92 Å². The third kappa shape index (κ3) is 5.04. The molecule has 1 aliphatic carbocycles. The first-order valence-corrected chi connectivity index (χ1v) is 9.45. The number of anilines is 1. The number of hydrogen-bond donors (Lipinski definition) is 3. The molecular weight excluding hydrogens is 318 g/mol. The van der Waals surface area contributed by atoms with E-state index in [-0.39, 0.29) is 24.2 Å². The van der Waals surface area contributed by atoms with Gasteiger partial charge in [0.1, 0.15) is 12.1 Å². The number of nitrogens with one attached hydrogen (secondary N) is 2. The van der Waals surface area contributed by atoms with E-state index >= 15 is 0 Å². The lowest BCUT2D eigenvalue weighted by molar-refractivity contribution is 0.117. The van der Waals surface area contributed by atoms with E-state index in [4.69, 9.17) is 0 Å². The number of aryl methyl sites for hydroxylation is 1. The largest absolute Gasteiger partial charge is 0.393 e. The van der Waals surface area contributed by atoms with Crippen LogP contribution in [0.3, 0.4) is 0 Å². The van der Waals surface area contributed by atoms with Gasteiger partial charge in [-0.2, -0.15) is 0 Å². The summed E-state index contributed by atoms with van der Waals surface area (Å²) < 4.78 is 0. The van der Waals surface area contributed by atoms with Crippen LogP contribution in [0, 0.1) is 0 Å². The van der Waals surface area contributed by atoms with Crippen LogP contribution in [-0.2, 0) is 6.42 Å². The fraction of sp³-hybridized carbons (Fsp3) is 0.722. The second kappa shape index (κ2) is 8.47. The lowest BCUT2D eigenvalue weighted by atomic mass is 9.93. The molecule has 0 radical (unpaired) electrons. The summed E-state index contributed by atoms with van der Waals surface area (Å²) in [4.78, 5) is 23.1. The molecule has 138 valence electrons. The average molecular weight is 347 g/mol. The van der Waals surface area contributed by atoms with Crippen molar-refractivity contribution < 1.29 is 9.90 Å². The van der Waals surface area contributed by atoms with Crippen molar-refractivity contribution in [3.8, 4) is 0 Å². The quantitative estimate of drug-likeness (QED) is 0.770. The predicted octanol–water partition coefficient (Wildman–Crippen LogP) is 1.61. The molecule has 7 heteroatoms. The molecular formula is C18H29N5O2. The zero-order valence-corrected chi connectivity index (χ0v) is 14.9. The molecule has 2 fully saturated rings. The van der Waals surface area contributed by atoms with E-state index in [1.165, 1.54) is 0 Å². The standard InChI is InChI=1S/C18H29N5O2/c1-2-13-10-17(20-12-19-13)23-9-3-4-15(11-23)22-18(25)21-14-5-7-16(24)8-6-14/h10,12,14-16,24H,2-9,11H2,1H3,(H2,21,22,25). The summed E-state index contributed by atoms with van der Waals surface area (Å²) in [6.45, 7) is 3.82. The van der Waals surface area contributed by atoms with Gasteiger partial charge >= 0.3 is 6.03 Å². The van der Waals surface area contributed by atoms with Crippen LogP contribution in [0.5, 0.6) is 0 Å². The van der Waals surface area contributed by atoms with Crippen molar-refractivity contribution in [1.29, 1.82) is 0 Å². The number of aliphatic hydroxyl groups excluding tert-OH is 1. The highest BCUT2D eigenvalue weighted by molar-refractivity contribution is 5.74. The highest BCUT2D eigenvalue weighted by Crippen LogP contribution is 2.20.